The number of anilines is 1. The molecular weight excluding hydrogens is 274 g/mol. The molecule has 0 radical (unpaired) electrons. The van der Waals surface area contributed by atoms with Crippen LogP contribution in [0.25, 0.3) is 10.9 Å². The second-order valence-electron chi connectivity index (χ2n) is 4.94. The third kappa shape index (κ3) is 2.20. The molecule has 0 aliphatic carbocycles. The van der Waals surface area contributed by atoms with Crippen LogP contribution >= 0.6 is 11.6 Å². The normalized spacial score (nSPS) is 14.8. The summed E-state index contributed by atoms with van der Waals surface area (Å²) in [7, 11) is 1.63. The highest BCUT2D eigenvalue weighted by atomic mass is 35.5. The number of rotatable bonds is 2. The molecule has 0 spiro atoms. The summed E-state index contributed by atoms with van der Waals surface area (Å²) in [6.45, 7) is 1.96. The van der Waals surface area contributed by atoms with E-state index >= 15 is 0 Å². The first-order chi connectivity index (χ1) is 9.70. The monoisotopic (exact) mass is 289 g/mol. The Bertz CT molecular complexity index is 665. The van der Waals surface area contributed by atoms with Gasteiger partial charge in [0.2, 0.25) is 0 Å². The Morgan fingerprint density at radius 2 is 2.10 bits per heavy atom. The predicted molar refractivity (Wildman–Crippen MR) is 81.6 cm³/mol. The molecule has 2 heterocycles. The van der Waals surface area contributed by atoms with Crippen LogP contribution in [0, 0.1) is 0 Å². The second kappa shape index (κ2) is 5.29. The van der Waals surface area contributed by atoms with Crippen molar-refractivity contribution in [2.24, 2.45) is 0 Å². The molecule has 1 fully saturated rings. The Morgan fingerprint density at radius 1 is 1.35 bits per heavy atom. The molecule has 4 nitrogen and oxygen atoms in total. The van der Waals surface area contributed by atoms with Crippen LogP contribution < -0.4 is 10.2 Å². The first-order valence-electron chi connectivity index (χ1n) is 6.77. The fourth-order valence-electron chi connectivity index (χ4n) is 2.63. The van der Waals surface area contributed by atoms with E-state index in [1.807, 2.05) is 18.2 Å². The van der Waals surface area contributed by atoms with Gasteiger partial charge in [-0.3, -0.25) is 4.79 Å². The summed E-state index contributed by atoms with van der Waals surface area (Å²) in [6.07, 6.45) is 2.33. The molecule has 3 rings (SSSR count). The number of fused-ring (bicyclic) bond motifs is 1. The number of halogens is 1. The Labute approximate surface area is 122 Å². The maximum Gasteiger partial charge on any atom is 0.251 e. The first kappa shape index (κ1) is 13.2. The molecule has 1 aliphatic heterocycles. The summed E-state index contributed by atoms with van der Waals surface area (Å²) in [5.74, 6) is 0.724. The van der Waals surface area contributed by atoms with Crippen LogP contribution in [0.1, 0.15) is 23.2 Å². The van der Waals surface area contributed by atoms with Gasteiger partial charge in [-0.15, -0.1) is 0 Å². The summed E-state index contributed by atoms with van der Waals surface area (Å²) in [6, 6.07) is 7.39. The molecule has 104 valence electrons. The fourth-order valence-corrected chi connectivity index (χ4v) is 2.85. The molecule has 1 aromatic carbocycles. The Balaban J connectivity index is 2.23. The van der Waals surface area contributed by atoms with Crippen molar-refractivity contribution >= 4 is 34.2 Å². The number of benzene rings is 1. The van der Waals surface area contributed by atoms with E-state index in [9.17, 15) is 4.79 Å². The third-order valence-electron chi connectivity index (χ3n) is 3.68. The molecule has 1 aromatic heterocycles. The van der Waals surface area contributed by atoms with Crippen LogP contribution in [-0.2, 0) is 0 Å². The van der Waals surface area contributed by atoms with Gasteiger partial charge in [0, 0.05) is 25.5 Å². The van der Waals surface area contributed by atoms with Gasteiger partial charge in [-0.2, -0.15) is 0 Å². The molecule has 0 saturated carbocycles. The standard InChI is InChI=1S/C15H16ClN3O/c1-17-15(20)11-9-13(19-7-2-3-8-19)18-14-10(11)5-4-6-12(14)16/h4-6,9H,2-3,7-8H2,1H3,(H,17,20). The number of nitrogens with one attached hydrogen (secondary N) is 1. The minimum absolute atomic E-state index is 0.111. The summed E-state index contributed by atoms with van der Waals surface area (Å²) in [5.41, 5.74) is 1.32. The second-order valence-corrected chi connectivity index (χ2v) is 5.34. The highest BCUT2D eigenvalue weighted by molar-refractivity contribution is 6.35. The lowest BCUT2D eigenvalue weighted by Gasteiger charge is -2.18. The van der Waals surface area contributed by atoms with E-state index in [1.54, 1.807) is 13.1 Å². The van der Waals surface area contributed by atoms with Gasteiger partial charge in [-0.1, -0.05) is 23.7 Å². The molecule has 0 atom stereocenters. The predicted octanol–water partition coefficient (Wildman–Crippen LogP) is 2.85. The van der Waals surface area contributed by atoms with Gasteiger partial charge in [0.05, 0.1) is 16.1 Å². The molecule has 2 aromatic rings. The van der Waals surface area contributed by atoms with E-state index in [2.05, 4.69) is 15.2 Å². The van der Waals surface area contributed by atoms with Crippen LogP contribution in [0.4, 0.5) is 5.82 Å². The van der Waals surface area contributed by atoms with Crippen LogP contribution in [0.15, 0.2) is 24.3 Å². The number of aromatic nitrogens is 1. The molecule has 1 aliphatic rings. The molecular formula is C15H16ClN3O. The van der Waals surface area contributed by atoms with E-state index in [-0.39, 0.29) is 5.91 Å². The van der Waals surface area contributed by atoms with Crippen LogP contribution in [-0.4, -0.2) is 31.0 Å². The summed E-state index contributed by atoms with van der Waals surface area (Å²) >= 11 is 6.24. The number of hydrogen-bond acceptors (Lipinski definition) is 3. The topological polar surface area (TPSA) is 45.2 Å². The van der Waals surface area contributed by atoms with Gasteiger partial charge in [0.1, 0.15) is 5.82 Å². The number of nitrogens with zero attached hydrogens (tertiary/aromatic N) is 2. The highest BCUT2D eigenvalue weighted by Gasteiger charge is 2.19. The zero-order chi connectivity index (χ0) is 14.1. The maximum absolute atomic E-state index is 12.1. The largest absolute Gasteiger partial charge is 0.357 e. The highest BCUT2D eigenvalue weighted by Crippen LogP contribution is 2.29. The number of hydrogen-bond donors (Lipinski definition) is 1. The van der Waals surface area contributed by atoms with Gasteiger partial charge in [-0.05, 0) is 25.0 Å². The van der Waals surface area contributed by atoms with Crippen LogP contribution in [0.5, 0.6) is 0 Å². The summed E-state index contributed by atoms with van der Waals surface area (Å²) in [4.78, 5) is 19.0. The van der Waals surface area contributed by atoms with Gasteiger partial charge in [0.25, 0.3) is 5.91 Å². The quantitative estimate of drug-likeness (QED) is 0.925. The Kier molecular flexibility index (Phi) is 3.49. The van der Waals surface area contributed by atoms with Crippen molar-refractivity contribution in [3.05, 3.63) is 34.9 Å². The van der Waals surface area contributed by atoms with Gasteiger partial charge < -0.3 is 10.2 Å². The molecule has 20 heavy (non-hydrogen) atoms. The lowest BCUT2D eigenvalue weighted by molar-refractivity contribution is 0.0964. The van der Waals surface area contributed by atoms with E-state index in [0.717, 1.165) is 37.1 Å². The maximum atomic E-state index is 12.1. The molecule has 1 amide bonds. The van der Waals surface area contributed by atoms with Crippen molar-refractivity contribution in [3.8, 4) is 0 Å². The van der Waals surface area contributed by atoms with Crippen molar-refractivity contribution in [1.29, 1.82) is 0 Å². The number of amides is 1. The van der Waals surface area contributed by atoms with Crippen molar-refractivity contribution in [3.63, 3.8) is 0 Å². The summed E-state index contributed by atoms with van der Waals surface area (Å²) < 4.78 is 0. The fraction of sp³-hybridized carbons (Fsp3) is 0.333. The summed E-state index contributed by atoms with van der Waals surface area (Å²) in [5, 5.41) is 4.05. The lowest BCUT2D eigenvalue weighted by atomic mass is 10.1. The molecule has 1 saturated heterocycles. The minimum Gasteiger partial charge on any atom is -0.357 e. The third-order valence-corrected chi connectivity index (χ3v) is 3.98. The Hall–Kier alpha value is -1.81. The van der Waals surface area contributed by atoms with Gasteiger partial charge in [0.15, 0.2) is 0 Å². The van der Waals surface area contributed by atoms with Crippen molar-refractivity contribution in [1.82, 2.24) is 10.3 Å². The average molecular weight is 290 g/mol. The Morgan fingerprint density at radius 3 is 2.80 bits per heavy atom. The molecule has 0 unspecified atom stereocenters. The molecule has 0 bridgehead atoms. The van der Waals surface area contributed by atoms with Crippen molar-refractivity contribution in [2.75, 3.05) is 25.0 Å². The van der Waals surface area contributed by atoms with Crippen LogP contribution in [0.3, 0.4) is 0 Å². The van der Waals surface area contributed by atoms with Crippen molar-refractivity contribution in [2.45, 2.75) is 12.8 Å². The van der Waals surface area contributed by atoms with Gasteiger partial charge in [-0.25, -0.2) is 4.98 Å². The number of carbonyl (C=O) groups is 1. The van der Waals surface area contributed by atoms with Gasteiger partial charge >= 0.3 is 0 Å². The lowest BCUT2D eigenvalue weighted by Crippen LogP contribution is -2.22. The van der Waals surface area contributed by atoms with E-state index in [4.69, 9.17) is 11.6 Å². The number of pyridine rings is 1. The van der Waals surface area contributed by atoms with Crippen LogP contribution in [0.2, 0.25) is 5.02 Å². The smallest absolute Gasteiger partial charge is 0.251 e. The first-order valence-corrected chi connectivity index (χ1v) is 7.15. The minimum atomic E-state index is -0.111. The van der Waals surface area contributed by atoms with E-state index in [0.29, 0.717) is 16.1 Å². The zero-order valence-corrected chi connectivity index (χ0v) is 12.1. The molecule has 5 heteroatoms. The SMILES string of the molecule is CNC(=O)c1cc(N2CCCC2)nc2c(Cl)cccc12. The number of carbonyl (C=O) groups excluding carboxylic acids is 1. The zero-order valence-electron chi connectivity index (χ0n) is 11.3. The average Bonchev–Trinajstić information content (AvgIpc) is 3.00. The van der Waals surface area contributed by atoms with E-state index < -0.39 is 0 Å². The molecule has 1 N–H and O–H groups in total. The van der Waals surface area contributed by atoms with E-state index in [1.165, 1.54) is 0 Å². The van der Waals surface area contributed by atoms with Crippen molar-refractivity contribution < 1.29 is 4.79 Å². The number of para-hydroxylation sites is 1.